The summed E-state index contributed by atoms with van der Waals surface area (Å²) in [6.07, 6.45) is 26.7. The van der Waals surface area contributed by atoms with Crippen LogP contribution in [-0.2, 0) is 0 Å². The quantitative estimate of drug-likeness (QED) is 0.143. The van der Waals surface area contributed by atoms with E-state index in [0.29, 0.717) is 71.0 Å². The average molecular weight is 1090 g/mol. The Labute approximate surface area is 493 Å². The minimum absolute atomic E-state index is 0.341. The average Bonchev–Trinajstić information content (AvgIpc) is 3.74. The highest BCUT2D eigenvalue weighted by Crippen LogP contribution is 2.58. The van der Waals surface area contributed by atoms with E-state index in [-0.39, 0.29) is 0 Å². The molecule has 6 aromatic heterocycles. The maximum atomic E-state index is 5.42. The molecule has 6 heterocycles. The van der Waals surface area contributed by atoms with Gasteiger partial charge in [-0.3, -0.25) is 29.9 Å². The highest BCUT2D eigenvalue weighted by molar-refractivity contribution is 5.85. The summed E-state index contributed by atoms with van der Waals surface area (Å²) >= 11 is 0. The molecule has 4 aliphatic carbocycles. The van der Waals surface area contributed by atoms with Crippen molar-refractivity contribution in [2.24, 2.45) is 35.5 Å². The van der Waals surface area contributed by atoms with Gasteiger partial charge in [-0.15, -0.1) is 0 Å². The minimum Gasteiger partial charge on any atom is -0.260 e. The van der Waals surface area contributed by atoms with E-state index in [1.165, 1.54) is 124 Å². The topological polar surface area (TPSA) is 77.3 Å². The smallest absolute Gasteiger partial charge is 0.0441 e. The lowest BCUT2D eigenvalue weighted by Gasteiger charge is -2.49. The van der Waals surface area contributed by atoms with Crippen LogP contribution in [0.4, 0.5) is 0 Å². The van der Waals surface area contributed by atoms with Crippen molar-refractivity contribution in [3.63, 3.8) is 0 Å². The molecule has 16 rings (SSSR count). The van der Waals surface area contributed by atoms with Gasteiger partial charge in [0.1, 0.15) is 0 Å². The molecule has 4 saturated carbocycles. The molecule has 414 valence electrons. The summed E-state index contributed by atoms with van der Waals surface area (Å²) in [5.41, 5.74) is 7.53. The number of hydrogen-bond donors (Lipinski definition) is 0. The fourth-order valence-corrected chi connectivity index (χ4v) is 17.2. The number of benzene rings is 6. The Hall–Kier alpha value is -8.22. The molecule has 4 fully saturated rings. The summed E-state index contributed by atoms with van der Waals surface area (Å²) in [5.74, 6) is 5.29. The molecule has 10 unspecified atom stereocenters. The zero-order valence-corrected chi connectivity index (χ0v) is 47.9. The third kappa shape index (κ3) is 10.2. The Morgan fingerprint density at radius 1 is 0.179 bits per heavy atom. The number of hydrogen-bond acceptors (Lipinski definition) is 6. The van der Waals surface area contributed by atoms with Crippen LogP contribution in [0.3, 0.4) is 0 Å². The molecule has 0 spiro atoms. The van der Waals surface area contributed by atoms with Crippen LogP contribution in [0.15, 0.2) is 219 Å². The van der Waals surface area contributed by atoms with Crippen LogP contribution in [0.1, 0.15) is 147 Å². The van der Waals surface area contributed by atoms with Crippen LogP contribution in [-0.4, -0.2) is 29.9 Å². The van der Waals surface area contributed by atoms with E-state index in [1.807, 2.05) is 0 Å². The molecule has 0 bridgehead atoms. The van der Waals surface area contributed by atoms with Gasteiger partial charge in [0.25, 0.3) is 0 Å². The second-order valence-electron chi connectivity index (χ2n) is 26.3. The van der Waals surface area contributed by atoms with E-state index in [1.54, 1.807) is 0 Å². The van der Waals surface area contributed by atoms with Gasteiger partial charge >= 0.3 is 0 Å². The Bertz CT molecular complexity index is 3930. The van der Waals surface area contributed by atoms with Crippen LogP contribution < -0.4 is 0 Å². The van der Waals surface area contributed by atoms with Crippen molar-refractivity contribution in [1.29, 1.82) is 0 Å². The molecule has 6 heteroatoms. The Kier molecular flexibility index (Phi) is 13.5. The lowest BCUT2D eigenvalue weighted by Crippen LogP contribution is -2.38. The Morgan fingerprint density at radius 2 is 0.333 bits per heavy atom. The first kappa shape index (κ1) is 51.4. The fourth-order valence-electron chi connectivity index (χ4n) is 17.2. The van der Waals surface area contributed by atoms with Gasteiger partial charge in [-0.05, 0) is 181 Å². The summed E-state index contributed by atoms with van der Waals surface area (Å²) in [6.45, 7) is 0. The summed E-state index contributed by atoms with van der Waals surface area (Å²) in [4.78, 5) is 32.1. The molecule has 12 aromatic rings. The number of rotatable bonds is 9. The number of fused-ring (bicyclic) bond motifs is 6. The third-order valence-electron chi connectivity index (χ3n) is 21.5. The number of pyridine rings is 6. The molecule has 6 nitrogen and oxygen atoms in total. The number of aromatic nitrogens is 6. The zero-order valence-electron chi connectivity index (χ0n) is 47.9. The van der Waals surface area contributed by atoms with Crippen LogP contribution >= 0.6 is 0 Å². The molecule has 10 atom stereocenters. The Morgan fingerprint density at radius 3 is 0.524 bits per heavy atom. The maximum absolute atomic E-state index is 5.42. The monoisotopic (exact) mass is 1090 g/mol. The third-order valence-corrected chi connectivity index (χ3v) is 21.5. The van der Waals surface area contributed by atoms with E-state index in [9.17, 15) is 0 Å². The first-order chi connectivity index (χ1) is 41.5. The van der Waals surface area contributed by atoms with Gasteiger partial charge in [-0.25, -0.2) is 0 Å². The van der Waals surface area contributed by atoms with Crippen LogP contribution in [0.5, 0.6) is 0 Å². The highest BCUT2D eigenvalue weighted by Gasteiger charge is 2.46. The number of nitrogens with zero attached hydrogens (tertiary/aromatic N) is 6. The van der Waals surface area contributed by atoms with Gasteiger partial charge < -0.3 is 0 Å². The normalized spacial score (nSPS) is 26.7. The van der Waals surface area contributed by atoms with Gasteiger partial charge in [0.15, 0.2) is 0 Å². The fraction of sp³-hybridized carbons (Fsp3) is 0.308. The van der Waals surface area contributed by atoms with Crippen LogP contribution in [0.25, 0.3) is 64.6 Å². The van der Waals surface area contributed by atoms with Crippen molar-refractivity contribution in [2.75, 3.05) is 0 Å². The summed E-state index contributed by atoms with van der Waals surface area (Å²) < 4.78 is 0. The van der Waals surface area contributed by atoms with Crippen molar-refractivity contribution in [3.8, 4) is 0 Å². The molecule has 0 radical (unpaired) electrons. The molecule has 6 aromatic carbocycles. The van der Waals surface area contributed by atoms with Crippen LogP contribution in [0, 0.1) is 35.5 Å². The predicted octanol–water partition coefficient (Wildman–Crippen LogP) is 19.4. The molecule has 4 aliphatic rings. The summed E-state index contributed by atoms with van der Waals surface area (Å²) in [7, 11) is 0. The van der Waals surface area contributed by atoms with E-state index >= 15 is 0 Å². The molecule has 84 heavy (non-hydrogen) atoms. The first-order valence-corrected chi connectivity index (χ1v) is 31.6. The predicted molar refractivity (Wildman–Crippen MR) is 343 cm³/mol. The van der Waals surface area contributed by atoms with Gasteiger partial charge in [-0.2, -0.15) is 0 Å². The lowest BCUT2D eigenvalue weighted by atomic mass is 9.56. The summed E-state index contributed by atoms with van der Waals surface area (Å²) in [6, 6.07) is 67.4. The van der Waals surface area contributed by atoms with Crippen molar-refractivity contribution in [3.05, 3.63) is 253 Å². The molecule has 0 amide bonds. The molecule has 0 saturated heterocycles. The lowest BCUT2D eigenvalue weighted by molar-refractivity contribution is 0.0519. The Balaban J connectivity index is 0.786. The second-order valence-corrected chi connectivity index (χ2v) is 26.3. The van der Waals surface area contributed by atoms with Gasteiger partial charge in [0.05, 0.1) is 0 Å². The maximum Gasteiger partial charge on any atom is 0.0441 e. The summed E-state index contributed by atoms with van der Waals surface area (Å²) in [5, 5.41) is 15.0. The van der Waals surface area contributed by atoms with Gasteiger partial charge in [0.2, 0.25) is 0 Å². The van der Waals surface area contributed by atoms with Crippen LogP contribution in [0.2, 0.25) is 0 Å². The van der Waals surface area contributed by atoms with Gasteiger partial charge in [-0.1, -0.05) is 146 Å². The van der Waals surface area contributed by atoms with Crippen molar-refractivity contribution < 1.29 is 0 Å². The first-order valence-electron chi connectivity index (χ1n) is 31.6. The van der Waals surface area contributed by atoms with E-state index in [0.717, 1.165) is 51.4 Å². The standard InChI is InChI=1S/C78H72N6/c1-7-19-55-43-79-73(37-49(55)13-1)67-27-61(25-63(29-67)65-31-69(75-39-51-15-3-9-21-57(51)45-81-75)35-70(32-65)76-40-52-16-4-10-22-58(52)46-82-76)62-26-64(30-68(28-62)74-38-50-14-2-8-20-56(50)44-80-74)66-33-71(77-41-53-17-5-11-23-59(53)47-83-77)36-72(34-66)78-42-54-18-6-12-24-60(54)48-84-78/h1-24,37-48,61-72H,25-36H2. The van der Waals surface area contributed by atoms with Crippen molar-refractivity contribution >= 4 is 64.6 Å². The van der Waals surface area contributed by atoms with E-state index in [2.05, 4.69) is 219 Å². The van der Waals surface area contributed by atoms with E-state index < -0.39 is 0 Å². The van der Waals surface area contributed by atoms with E-state index in [4.69, 9.17) is 29.9 Å². The zero-order chi connectivity index (χ0) is 55.5. The van der Waals surface area contributed by atoms with Crippen molar-refractivity contribution in [2.45, 2.75) is 113 Å². The highest BCUT2D eigenvalue weighted by atomic mass is 14.7. The second kappa shape index (κ2) is 22.1. The van der Waals surface area contributed by atoms with Crippen molar-refractivity contribution in [1.82, 2.24) is 29.9 Å². The molecule has 0 aliphatic heterocycles. The van der Waals surface area contributed by atoms with Gasteiger partial charge in [0, 0.05) is 139 Å². The molecular formula is C78H72N6. The minimum atomic E-state index is 0.341. The largest absolute Gasteiger partial charge is 0.260 e. The SMILES string of the molecule is c1ccc2cc(C3CC(c4cc5ccccc5cn4)CC(C4CC(c5cc6ccccc6cn5)CC(C5CC(c6cc7ccccc7cn6)CC(C6CC(c7cc8ccccc8cn7)CC(c7cc8ccccc8cn7)C6)C5)C4)C3)ncc2c1. The molecular weight excluding hydrogens is 1020 g/mol. The molecule has 0 N–H and O–H groups in total.